The summed E-state index contributed by atoms with van der Waals surface area (Å²) in [5.74, 6) is 0.794. The largest absolute Gasteiger partial charge is 0.352 e. The summed E-state index contributed by atoms with van der Waals surface area (Å²) >= 11 is 0. The summed E-state index contributed by atoms with van der Waals surface area (Å²) in [7, 11) is -2.93. The Morgan fingerprint density at radius 2 is 1.70 bits per heavy atom. The lowest BCUT2D eigenvalue weighted by molar-refractivity contribution is -0.123. The molecule has 3 aliphatic rings. The van der Waals surface area contributed by atoms with Gasteiger partial charge in [-0.25, -0.2) is 8.42 Å². The summed E-state index contributed by atoms with van der Waals surface area (Å²) in [5.41, 5.74) is 0. The molecule has 2 aliphatic carbocycles. The predicted molar refractivity (Wildman–Crippen MR) is 93.6 cm³/mol. The molecular formula is C16H29ClN2O3S. The normalized spacial score (nSPS) is 37.5. The molecule has 3 fully saturated rings. The molecule has 0 bridgehead atoms. The Morgan fingerprint density at radius 3 is 2.30 bits per heavy atom. The number of sulfone groups is 1. The molecule has 0 radical (unpaired) electrons. The lowest BCUT2D eigenvalue weighted by atomic mass is 9.85. The predicted octanol–water partition coefficient (Wildman–Crippen LogP) is 1.80. The van der Waals surface area contributed by atoms with Gasteiger partial charge in [0.05, 0.1) is 11.3 Å². The van der Waals surface area contributed by atoms with E-state index in [2.05, 4.69) is 10.6 Å². The van der Waals surface area contributed by atoms with Crippen molar-refractivity contribution in [3.05, 3.63) is 0 Å². The number of nitrogens with one attached hydrogen (secondary N) is 2. The maximum Gasteiger partial charge on any atom is 0.237 e. The van der Waals surface area contributed by atoms with Crippen molar-refractivity contribution >= 4 is 28.2 Å². The molecule has 1 aliphatic heterocycles. The molecule has 3 atom stereocenters. The Labute approximate surface area is 145 Å². The van der Waals surface area contributed by atoms with Crippen LogP contribution in [0.25, 0.3) is 0 Å². The zero-order valence-electron chi connectivity index (χ0n) is 13.8. The van der Waals surface area contributed by atoms with Crippen LogP contribution in [0.4, 0.5) is 0 Å². The van der Waals surface area contributed by atoms with Crippen LogP contribution in [0.3, 0.4) is 0 Å². The van der Waals surface area contributed by atoms with Crippen LogP contribution in [0.2, 0.25) is 0 Å². The van der Waals surface area contributed by atoms with Gasteiger partial charge in [0.2, 0.25) is 5.91 Å². The second kappa shape index (κ2) is 7.70. The van der Waals surface area contributed by atoms with Gasteiger partial charge in [0.1, 0.15) is 9.84 Å². The third kappa shape index (κ3) is 4.60. The van der Waals surface area contributed by atoms with Crippen LogP contribution in [-0.2, 0) is 14.6 Å². The molecule has 7 heteroatoms. The van der Waals surface area contributed by atoms with Crippen LogP contribution in [0, 0.1) is 5.92 Å². The highest BCUT2D eigenvalue weighted by molar-refractivity contribution is 7.91. The topological polar surface area (TPSA) is 75.3 Å². The highest BCUT2D eigenvalue weighted by Crippen LogP contribution is 2.33. The van der Waals surface area contributed by atoms with Crippen molar-refractivity contribution in [1.29, 1.82) is 0 Å². The molecule has 1 saturated heterocycles. The maximum absolute atomic E-state index is 12.4. The second-order valence-corrected chi connectivity index (χ2v) is 9.74. The van der Waals surface area contributed by atoms with Crippen molar-refractivity contribution in [2.24, 2.45) is 5.92 Å². The lowest BCUT2D eigenvalue weighted by Crippen LogP contribution is -2.48. The Kier molecular flexibility index (Phi) is 6.36. The van der Waals surface area contributed by atoms with Crippen molar-refractivity contribution in [2.45, 2.75) is 81.2 Å². The number of amides is 1. The molecule has 23 heavy (non-hydrogen) atoms. The molecule has 134 valence electrons. The third-order valence-electron chi connectivity index (χ3n) is 5.81. The zero-order chi connectivity index (χ0) is 15.7. The van der Waals surface area contributed by atoms with Crippen LogP contribution in [0.5, 0.6) is 0 Å². The molecule has 2 N–H and O–H groups in total. The first-order valence-electron chi connectivity index (χ1n) is 8.69. The number of hydrogen-bond acceptors (Lipinski definition) is 4. The van der Waals surface area contributed by atoms with E-state index in [4.69, 9.17) is 0 Å². The fraction of sp³-hybridized carbons (Fsp3) is 0.938. The minimum absolute atomic E-state index is 0. The second-order valence-electron chi connectivity index (χ2n) is 7.42. The first kappa shape index (κ1) is 19.0. The van der Waals surface area contributed by atoms with Gasteiger partial charge in [-0.05, 0) is 50.9 Å². The van der Waals surface area contributed by atoms with Crippen molar-refractivity contribution in [3.63, 3.8) is 0 Å². The van der Waals surface area contributed by atoms with Crippen molar-refractivity contribution in [1.82, 2.24) is 10.6 Å². The van der Waals surface area contributed by atoms with Crippen LogP contribution in [-0.4, -0.2) is 44.0 Å². The minimum atomic E-state index is -2.93. The molecule has 1 heterocycles. The highest BCUT2D eigenvalue weighted by atomic mass is 35.5. The molecule has 5 nitrogen and oxygen atoms in total. The van der Waals surface area contributed by atoms with E-state index in [1.54, 1.807) is 0 Å². The molecule has 1 amide bonds. The molecule has 2 saturated carbocycles. The number of carbonyl (C=O) groups is 1. The summed E-state index contributed by atoms with van der Waals surface area (Å²) in [6, 6.07) is 0.640. The average Bonchev–Trinajstić information content (AvgIpc) is 2.91. The number of fused-ring (bicyclic) bond motifs is 1. The van der Waals surface area contributed by atoms with Gasteiger partial charge in [-0.3, -0.25) is 4.79 Å². The van der Waals surface area contributed by atoms with Crippen molar-refractivity contribution < 1.29 is 13.2 Å². The Morgan fingerprint density at radius 1 is 1.04 bits per heavy atom. The summed E-state index contributed by atoms with van der Waals surface area (Å²) in [5, 5.41) is 6.44. The minimum Gasteiger partial charge on any atom is -0.352 e. The van der Waals surface area contributed by atoms with Crippen molar-refractivity contribution in [3.8, 4) is 0 Å². The highest BCUT2D eigenvalue weighted by Gasteiger charge is 2.39. The van der Waals surface area contributed by atoms with E-state index < -0.39 is 9.84 Å². The van der Waals surface area contributed by atoms with E-state index in [0.717, 1.165) is 19.3 Å². The maximum atomic E-state index is 12.4. The van der Waals surface area contributed by atoms with Gasteiger partial charge in [0.15, 0.2) is 0 Å². The number of rotatable bonds is 3. The fourth-order valence-corrected chi connectivity index (χ4v) is 5.59. The van der Waals surface area contributed by atoms with Gasteiger partial charge in [0.25, 0.3) is 0 Å². The van der Waals surface area contributed by atoms with Crippen molar-refractivity contribution in [2.75, 3.05) is 6.26 Å². The summed E-state index contributed by atoms with van der Waals surface area (Å²) in [6.45, 7) is 0. The summed E-state index contributed by atoms with van der Waals surface area (Å²) < 4.78 is 23.1. The molecule has 0 aromatic carbocycles. The van der Waals surface area contributed by atoms with E-state index >= 15 is 0 Å². The van der Waals surface area contributed by atoms with Gasteiger partial charge in [0, 0.05) is 18.3 Å². The zero-order valence-corrected chi connectivity index (χ0v) is 15.4. The van der Waals surface area contributed by atoms with E-state index in [1.165, 1.54) is 31.9 Å². The van der Waals surface area contributed by atoms with Crippen LogP contribution < -0.4 is 10.6 Å². The van der Waals surface area contributed by atoms with E-state index in [1.807, 2.05) is 0 Å². The number of halogens is 1. The van der Waals surface area contributed by atoms with Gasteiger partial charge in [-0.15, -0.1) is 12.4 Å². The first-order valence-corrected chi connectivity index (χ1v) is 10.6. The van der Waals surface area contributed by atoms with Gasteiger partial charge in [-0.1, -0.05) is 12.8 Å². The van der Waals surface area contributed by atoms with Crippen LogP contribution >= 0.6 is 12.4 Å². The number of carbonyl (C=O) groups excluding carboxylic acids is 1. The first-order chi connectivity index (χ1) is 10.4. The smallest absolute Gasteiger partial charge is 0.237 e. The third-order valence-corrected chi connectivity index (χ3v) is 7.49. The Balaban J connectivity index is 0.00000192. The summed E-state index contributed by atoms with van der Waals surface area (Å²) in [4.78, 5) is 12.4. The molecule has 0 spiro atoms. The Hall–Kier alpha value is -0.330. The van der Waals surface area contributed by atoms with Gasteiger partial charge in [-0.2, -0.15) is 0 Å². The number of hydrogen-bond donors (Lipinski definition) is 2. The lowest BCUT2D eigenvalue weighted by Gasteiger charge is -2.29. The quantitative estimate of drug-likeness (QED) is 0.800. The average molecular weight is 365 g/mol. The van der Waals surface area contributed by atoms with E-state index in [-0.39, 0.29) is 35.6 Å². The fourth-order valence-electron chi connectivity index (χ4n) is 4.46. The Bertz CT molecular complexity index is 503. The van der Waals surface area contributed by atoms with E-state index in [9.17, 15) is 13.2 Å². The van der Waals surface area contributed by atoms with Crippen LogP contribution in [0.15, 0.2) is 0 Å². The molecular weight excluding hydrogens is 336 g/mol. The standard InChI is InChI=1S/C16H28N2O3S.ClH/c1-22(20,21)13-8-6-12(7-9-13)17-16(19)15-10-11-4-2-3-5-14(11)18-15;/h11-15,18H,2-10H2,1H3,(H,17,19);1H. The van der Waals surface area contributed by atoms with Crippen LogP contribution in [0.1, 0.15) is 57.8 Å². The SMILES string of the molecule is CS(=O)(=O)C1CCC(NC(=O)C2CC3CCCCC3N2)CC1.Cl. The van der Waals surface area contributed by atoms with Gasteiger partial charge < -0.3 is 10.6 Å². The molecule has 3 rings (SSSR count). The van der Waals surface area contributed by atoms with E-state index in [0.29, 0.717) is 24.8 Å². The molecule has 0 aromatic heterocycles. The molecule has 3 unspecified atom stereocenters. The monoisotopic (exact) mass is 364 g/mol. The summed E-state index contributed by atoms with van der Waals surface area (Å²) in [6.07, 6.45) is 10.2. The molecule has 0 aromatic rings. The van der Waals surface area contributed by atoms with Gasteiger partial charge >= 0.3 is 0 Å².